The second kappa shape index (κ2) is 5.10. The molecule has 0 aliphatic heterocycles. The number of benzene rings is 1. The Morgan fingerprint density at radius 3 is 2.75 bits per heavy atom. The van der Waals surface area contributed by atoms with Crippen LogP contribution in [0.25, 0.3) is 0 Å². The van der Waals surface area contributed by atoms with Gasteiger partial charge >= 0.3 is 5.97 Å². The maximum atomic E-state index is 12.9. The van der Waals surface area contributed by atoms with Crippen LogP contribution in [-0.2, 0) is 10.0 Å². The molecular weight excluding hydrogens is 313 g/mol. The van der Waals surface area contributed by atoms with Gasteiger partial charge in [-0.2, -0.15) is 13.5 Å². The van der Waals surface area contributed by atoms with Gasteiger partial charge in [-0.3, -0.25) is 9.82 Å². The Hall–Kier alpha value is -2.13. The average Bonchev–Trinajstić information content (AvgIpc) is 2.82. The Morgan fingerprint density at radius 1 is 1.45 bits per heavy atom. The highest BCUT2D eigenvalue weighted by Crippen LogP contribution is 2.25. The molecule has 0 bridgehead atoms. The molecule has 20 heavy (non-hydrogen) atoms. The fourth-order valence-corrected chi connectivity index (χ4v) is 2.84. The Bertz CT molecular complexity index is 775. The molecule has 10 heteroatoms. The highest BCUT2D eigenvalue weighted by molar-refractivity contribution is 7.92. The summed E-state index contributed by atoms with van der Waals surface area (Å²) >= 11 is 5.69. The molecule has 106 valence electrons. The molecule has 0 saturated heterocycles. The van der Waals surface area contributed by atoms with Crippen LogP contribution >= 0.6 is 11.6 Å². The first kappa shape index (κ1) is 14.3. The Kier molecular flexibility index (Phi) is 3.64. The molecule has 1 aromatic heterocycles. The van der Waals surface area contributed by atoms with Crippen molar-refractivity contribution in [1.29, 1.82) is 0 Å². The van der Waals surface area contributed by atoms with Crippen molar-refractivity contribution >= 4 is 33.3 Å². The van der Waals surface area contributed by atoms with E-state index in [0.717, 1.165) is 24.4 Å². The fourth-order valence-electron chi connectivity index (χ4n) is 1.40. The summed E-state index contributed by atoms with van der Waals surface area (Å²) in [5, 5.41) is 13.5. The molecule has 0 aliphatic carbocycles. The van der Waals surface area contributed by atoms with Gasteiger partial charge in [-0.25, -0.2) is 9.18 Å². The number of sulfonamides is 1. The first-order valence-electron chi connectivity index (χ1n) is 5.06. The number of carboxylic acids is 1. The van der Waals surface area contributed by atoms with E-state index in [-0.39, 0.29) is 10.7 Å². The maximum absolute atomic E-state index is 12.9. The summed E-state index contributed by atoms with van der Waals surface area (Å²) in [7, 11) is -4.24. The number of carbonyl (C=O) groups is 1. The van der Waals surface area contributed by atoms with E-state index in [1.165, 1.54) is 0 Å². The molecule has 0 amide bonds. The lowest BCUT2D eigenvalue weighted by atomic mass is 10.3. The molecule has 1 aromatic carbocycles. The van der Waals surface area contributed by atoms with E-state index in [1.54, 1.807) is 0 Å². The predicted octanol–water partition coefficient (Wildman–Crippen LogP) is 1.70. The minimum Gasteiger partial charge on any atom is -0.478 e. The van der Waals surface area contributed by atoms with Crippen molar-refractivity contribution in [3.8, 4) is 0 Å². The van der Waals surface area contributed by atoms with Gasteiger partial charge < -0.3 is 5.11 Å². The second-order valence-corrected chi connectivity index (χ2v) is 5.67. The molecule has 2 aromatic rings. The Balaban J connectivity index is 2.41. The summed E-state index contributed by atoms with van der Waals surface area (Å²) < 4.78 is 39.0. The molecule has 0 aliphatic rings. The van der Waals surface area contributed by atoms with E-state index < -0.39 is 32.4 Å². The number of nitrogens with one attached hydrogen (secondary N) is 2. The SMILES string of the molecule is O=C(O)c1cn[nH]c1S(=O)(=O)Nc1ccc(F)cc1Cl. The van der Waals surface area contributed by atoms with Gasteiger partial charge in [0.05, 0.1) is 16.9 Å². The summed E-state index contributed by atoms with van der Waals surface area (Å²) in [5.41, 5.74) is -0.602. The van der Waals surface area contributed by atoms with E-state index in [4.69, 9.17) is 16.7 Å². The zero-order chi connectivity index (χ0) is 14.9. The van der Waals surface area contributed by atoms with Crippen LogP contribution in [0.4, 0.5) is 10.1 Å². The molecule has 0 radical (unpaired) electrons. The summed E-state index contributed by atoms with van der Waals surface area (Å²) in [6, 6.07) is 3.05. The minimum absolute atomic E-state index is 0.0843. The van der Waals surface area contributed by atoms with E-state index in [0.29, 0.717) is 0 Å². The van der Waals surface area contributed by atoms with E-state index in [2.05, 4.69) is 14.9 Å². The monoisotopic (exact) mass is 319 g/mol. The highest BCUT2D eigenvalue weighted by Gasteiger charge is 2.25. The number of rotatable bonds is 4. The van der Waals surface area contributed by atoms with Crippen LogP contribution < -0.4 is 4.72 Å². The topological polar surface area (TPSA) is 112 Å². The third kappa shape index (κ3) is 2.73. The van der Waals surface area contributed by atoms with Crippen molar-refractivity contribution in [1.82, 2.24) is 10.2 Å². The molecular formula is C10H7ClFN3O4S. The molecule has 1 heterocycles. The molecule has 7 nitrogen and oxygen atoms in total. The molecule has 0 unspecified atom stereocenters. The first-order chi connectivity index (χ1) is 9.31. The van der Waals surface area contributed by atoms with Crippen molar-refractivity contribution in [3.05, 3.63) is 40.8 Å². The number of anilines is 1. The number of nitrogens with zero attached hydrogens (tertiary/aromatic N) is 1. The van der Waals surface area contributed by atoms with Gasteiger partial charge in [0.2, 0.25) is 0 Å². The van der Waals surface area contributed by atoms with Crippen LogP contribution in [0.2, 0.25) is 5.02 Å². The largest absolute Gasteiger partial charge is 0.478 e. The summed E-state index contributed by atoms with van der Waals surface area (Å²) in [4.78, 5) is 10.9. The van der Waals surface area contributed by atoms with Crippen LogP contribution in [0.15, 0.2) is 29.4 Å². The molecule has 0 spiro atoms. The number of hydrogen-bond donors (Lipinski definition) is 3. The van der Waals surface area contributed by atoms with Crippen LogP contribution in [0, 0.1) is 5.82 Å². The number of aromatic nitrogens is 2. The number of hydrogen-bond acceptors (Lipinski definition) is 4. The van der Waals surface area contributed by atoms with Gasteiger partial charge in [-0.1, -0.05) is 11.6 Å². The Morgan fingerprint density at radius 2 is 2.15 bits per heavy atom. The van der Waals surface area contributed by atoms with Crippen molar-refractivity contribution in [2.75, 3.05) is 4.72 Å². The number of aromatic amines is 1. The Labute approximate surface area is 117 Å². The zero-order valence-corrected chi connectivity index (χ0v) is 11.2. The van der Waals surface area contributed by atoms with Crippen LogP contribution in [0.5, 0.6) is 0 Å². The summed E-state index contributed by atoms with van der Waals surface area (Å²) in [6.45, 7) is 0. The van der Waals surface area contributed by atoms with Crippen molar-refractivity contribution < 1.29 is 22.7 Å². The lowest BCUT2D eigenvalue weighted by Crippen LogP contribution is -2.17. The lowest BCUT2D eigenvalue weighted by molar-refractivity contribution is 0.0692. The predicted molar refractivity (Wildman–Crippen MR) is 67.8 cm³/mol. The average molecular weight is 320 g/mol. The fraction of sp³-hybridized carbons (Fsp3) is 0. The van der Waals surface area contributed by atoms with E-state index >= 15 is 0 Å². The second-order valence-electron chi connectivity index (χ2n) is 3.65. The lowest BCUT2D eigenvalue weighted by Gasteiger charge is -2.08. The quantitative estimate of drug-likeness (QED) is 0.794. The van der Waals surface area contributed by atoms with Crippen LogP contribution in [0.1, 0.15) is 10.4 Å². The van der Waals surface area contributed by atoms with E-state index in [9.17, 15) is 17.6 Å². The third-order valence-electron chi connectivity index (χ3n) is 2.28. The molecule has 2 rings (SSSR count). The highest BCUT2D eigenvalue weighted by atomic mass is 35.5. The normalized spacial score (nSPS) is 11.3. The molecule has 0 fully saturated rings. The standard InChI is InChI=1S/C10H7ClFN3O4S/c11-7-3-5(12)1-2-8(7)15-20(18,19)9-6(10(16)17)4-13-14-9/h1-4,15H,(H,13,14)(H,16,17). The minimum atomic E-state index is -4.24. The molecule has 0 atom stereocenters. The molecule has 3 N–H and O–H groups in total. The maximum Gasteiger partial charge on any atom is 0.340 e. The zero-order valence-electron chi connectivity index (χ0n) is 9.59. The van der Waals surface area contributed by atoms with Crippen molar-refractivity contribution in [2.45, 2.75) is 5.03 Å². The van der Waals surface area contributed by atoms with Gasteiger partial charge in [0.15, 0.2) is 5.03 Å². The van der Waals surface area contributed by atoms with Gasteiger partial charge in [-0.15, -0.1) is 0 Å². The number of halogens is 2. The van der Waals surface area contributed by atoms with Crippen LogP contribution in [0.3, 0.4) is 0 Å². The number of carboxylic acid groups (broad SMARTS) is 1. The molecule has 0 saturated carbocycles. The van der Waals surface area contributed by atoms with Gasteiger partial charge in [-0.05, 0) is 18.2 Å². The van der Waals surface area contributed by atoms with Crippen molar-refractivity contribution in [3.63, 3.8) is 0 Å². The summed E-state index contributed by atoms with van der Waals surface area (Å²) in [6.07, 6.45) is 0.864. The number of aromatic carboxylic acids is 1. The van der Waals surface area contributed by atoms with Crippen molar-refractivity contribution in [2.24, 2.45) is 0 Å². The number of H-pyrrole nitrogens is 1. The van der Waals surface area contributed by atoms with E-state index in [1.807, 2.05) is 0 Å². The van der Waals surface area contributed by atoms with Crippen LogP contribution in [-0.4, -0.2) is 29.7 Å². The van der Waals surface area contributed by atoms with Gasteiger partial charge in [0, 0.05) is 0 Å². The smallest absolute Gasteiger partial charge is 0.340 e. The summed E-state index contributed by atoms with van der Waals surface area (Å²) in [5.74, 6) is -2.09. The first-order valence-corrected chi connectivity index (χ1v) is 6.92. The van der Waals surface area contributed by atoms with Gasteiger partial charge in [0.25, 0.3) is 10.0 Å². The third-order valence-corrected chi connectivity index (χ3v) is 3.93. The van der Waals surface area contributed by atoms with Gasteiger partial charge in [0.1, 0.15) is 11.4 Å².